The van der Waals surface area contributed by atoms with Crippen LogP contribution < -0.4 is 0 Å². The number of unbranched alkanes of at least 4 members (excludes halogenated alkanes) is 4. The summed E-state index contributed by atoms with van der Waals surface area (Å²) in [5.74, 6) is -0.161. The lowest BCUT2D eigenvalue weighted by Gasteiger charge is -2.22. The van der Waals surface area contributed by atoms with Gasteiger partial charge in [0.15, 0.2) is 0 Å². The maximum Gasteiger partial charge on any atom is 0.328 e. The van der Waals surface area contributed by atoms with Gasteiger partial charge in [-0.1, -0.05) is 32.6 Å². The zero-order chi connectivity index (χ0) is 13.4. The summed E-state index contributed by atoms with van der Waals surface area (Å²) in [6.45, 7) is 2.88. The average Bonchev–Trinajstić information content (AvgIpc) is 2.86. The first-order chi connectivity index (χ1) is 8.70. The monoisotopic (exact) mass is 255 g/mol. The maximum absolute atomic E-state index is 12.0. The third-order valence-electron chi connectivity index (χ3n) is 3.54. The van der Waals surface area contributed by atoms with E-state index in [1.54, 1.807) is 4.90 Å². The summed E-state index contributed by atoms with van der Waals surface area (Å²) in [5, 5.41) is 0. The molecule has 0 aromatic carbocycles. The second kappa shape index (κ2) is 8.11. The normalized spacial score (nSPS) is 19.0. The van der Waals surface area contributed by atoms with Crippen LogP contribution in [0.5, 0.6) is 0 Å². The van der Waals surface area contributed by atoms with Crippen molar-refractivity contribution in [2.24, 2.45) is 0 Å². The summed E-state index contributed by atoms with van der Waals surface area (Å²) in [6, 6.07) is -0.335. The highest BCUT2D eigenvalue weighted by atomic mass is 16.5. The van der Waals surface area contributed by atoms with Gasteiger partial charge in [0, 0.05) is 13.0 Å². The Bertz CT molecular complexity index is 278. The first-order valence-electron chi connectivity index (χ1n) is 7.08. The molecule has 1 saturated heterocycles. The lowest BCUT2D eigenvalue weighted by Crippen LogP contribution is -2.40. The van der Waals surface area contributed by atoms with Crippen molar-refractivity contribution in [2.45, 2.75) is 64.3 Å². The standard InChI is InChI=1S/C14H25NO3/c1-3-4-5-6-7-10-13(16)15-11-8-9-12(15)14(17)18-2/h12H,3-11H2,1-2H3. The van der Waals surface area contributed by atoms with Crippen molar-refractivity contribution in [3.63, 3.8) is 0 Å². The van der Waals surface area contributed by atoms with Gasteiger partial charge in [-0.25, -0.2) is 4.79 Å². The molecule has 104 valence electrons. The topological polar surface area (TPSA) is 46.6 Å². The Kier molecular flexibility index (Phi) is 6.76. The van der Waals surface area contributed by atoms with Crippen LogP contribution in [0.2, 0.25) is 0 Å². The average molecular weight is 255 g/mol. The quantitative estimate of drug-likeness (QED) is 0.518. The number of hydrogen-bond acceptors (Lipinski definition) is 3. The number of methoxy groups -OCH3 is 1. The van der Waals surface area contributed by atoms with Gasteiger partial charge in [0.05, 0.1) is 7.11 Å². The third-order valence-corrected chi connectivity index (χ3v) is 3.54. The molecule has 1 unspecified atom stereocenters. The van der Waals surface area contributed by atoms with Gasteiger partial charge in [-0.05, 0) is 19.3 Å². The molecular formula is C14H25NO3. The van der Waals surface area contributed by atoms with Gasteiger partial charge in [0.1, 0.15) is 6.04 Å². The summed E-state index contributed by atoms with van der Waals surface area (Å²) in [7, 11) is 1.38. The van der Waals surface area contributed by atoms with Gasteiger partial charge in [-0.3, -0.25) is 4.79 Å². The number of carbonyl (C=O) groups is 2. The van der Waals surface area contributed by atoms with E-state index in [9.17, 15) is 9.59 Å². The minimum absolute atomic E-state index is 0.111. The van der Waals surface area contributed by atoms with Crippen LogP contribution in [-0.2, 0) is 14.3 Å². The molecular weight excluding hydrogens is 230 g/mol. The van der Waals surface area contributed by atoms with E-state index >= 15 is 0 Å². The summed E-state index contributed by atoms with van der Waals surface area (Å²) in [5.41, 5.74) is 0. The van der Waals surface area contributed by atoms with E-state index < -0.39 is 0 Å². The number of ether oxygens (including phenoxy) is 1. The van der Waals surface area contributed by atoms with Crippen LogP contribution >= 0.6 is 0 Å². The summed E-state index contributed by atoms with van der Waals surface area (Å²) < 4.78 is 4.74. The van der Waals surface area contributed by atoms with Crippen LogP contribution in [-0.4, -0.2) is 36.5 Å². The summed E-state index contributed by atoms with van der Waals surface area (Å²) >= 11 is 0. The molecule has 0 aromatic heterocycles. The molecule has 0 radical (unpaired) electrons. The van der Waals surface area contributed by atoms with Crippen LogP contribution in [0, 0.1) is 0 Å². The van der Waals surface area contributed by atoms with Crippen molar-refractivity contribution >= 4 is 11.9 Å². The van der Waals surface area contributed by atoms with E-state index in [0.29, 0.717) is 13.0 Å². The minimum atomic E-state index is -0.335. The van der Waals surface area contributed by atoms with Gasteiger partial charge in [-0.15, -0.1) is 0 Å². The predicted octanol–water partition coefficient (Wildman–Crippen LogP) is 2.51. The molecule has 0 spiro atoms. The fourth-order valence-electron chi connectivity index (χ4n) is 2.47. The molecule has 0 aliphatic carbocycles. The third kappa shape index (κ3) is 4.31. The van der Waals surface area contributed by atoms with Crippen LogP contribution in [0.15, 0.2) is 0 Å². The van der Waals surface area contributed by atoms with E-state index in [1.165, 1.54) is 26.4 Å². The second-order valence-corrected chi connectivity index (χ2v) is 4.93. The Hall–Kier alpha value is -1.06. The van der Waals surface area contributed by atoms with Gasteiger partial charge < -0.3 is 9.64 Å². The number of rotatable bonds is 7. The Morgan fingerprint density at radius 2 is 1.94 bits per heavy atom. The molecule has 1 aliphatic rings. The van der Waals surface area contributed by atoms with Gasteiger partial charge in [0.25, 0.3) is 0 Å². The number of likely N-dealkylation sites (tertiary alicyclic amines) is 1. The van der Waals surface area contributed by atoms with Crippen LogP contribution in [0.4, 0.5) is 0 Å². The van der Waals surface area contributed by atoms with Crippen LogP contribution in [0.1, 0.15) is 58.3 Å². The van der Waals surface area contributed by atoms with Crippen molar-refractivity contribution in [1.29, 1.82) is 0 Å². The molecule has 18 heavy (non-hydrogen) atoms. The Morgan fingerprint density at radius 1 is 1.22 bits per heavy atom. The predicted molar refractivity (Wildman–Crippen MR) is 70.1 cm³/mol. The zero-order valence-electron chi connectivity index (χ0n) is 11.6. The maximum atomic E-state index is 12.0. The summed E-state index contributed by atoms with van der Waals surface area (Å²) in [6.07, 6.45) is 7.91. The molecule has 1 atom stereocenters. The van der Waals surface area contributed by atoms with Crippen molar-refractivity contribution in [2.75, 3.05) is 13.7 Å². The lowest BCUT2D eigenvalue weighted by atomic mass is 10.1. The van der Waals surface area contributed by atoms with E-state index in [1.807, 2.05) is 0 Å². The molecule has 1 aliphatic heterocycles. The van der Waals surface area contributed by atoms with E-state index in [-0.39, 0.29) is 17.9 Å². The molecule has 0 aromatic rings. The van der Waals surface area contributed by atoms with Crippen molar-refractivity contribution in [1.82, 2.24) is 4.90 Å². The lowest BCUT2D eigenvalue weighted by molar-refractivity contribution is -0.151. The van der Waals surface area contributed by atoms with E-state index in [4.69, 9.17) is 4.74 Å². The molecule has 0 bridgehead atoms. The second-order valence-electron chi connectivity index (χ2n) is 4.93. The largest absolute Gasteiger partial charge is 0.467 e. The molecule has 4 nitrogen and oxygen atoms in total. The molecule has 0 N–H and O–H groups in total. The first kappa shape index (κ1) is 15.0. The Morgan fingerprint density at radius 3 is 2.61 bits per heavy atom. The van der Waals surface area contributed by atoms with E-state index in [0.717, 1.165) is 25.7 Å². The van der Waals surface area contributed by atoms with E-state index in [2.05, 4.69) is 6.92 Å². The highest BCUT2D eigenvalue weighted by Gasteiger charge is 2.34. The summed E-state index contributed by atoms with van der Waals surface area (Å²) in [4.78, 5) is 25.3. The fraction of sp³-hybridized carbons (Fsp3) is 0.857. The number of esters is 1. The van der Waals surface area contributed by atoms with Gasteiger partial charge in [0.2, 0.25) is 5.91 Å². The number of hydrogen-bond donors (Lipinski definition) is 0. The number of nitrogens with zero attached hydrogens (tertiary/aromatic N) is 1. The van der Waals surface area contributed by atoms with Crippen LogP contribution in [0.3, 0.4) is 0 Å². The molecule has 0 saturated carbocycles. The highest BCUT2D eigenvalue weighted by molar-refractivity contribution is 5.85. The molecule has 1 amide bonds. The molecule has 4 heteroatoms. The molecule has 1 fully saturated rings. The Labute approximate surface area is 110 Å². The number of amides is 1. The smallest absolute Gasteiger partial charge is 0.328 e. The van der Waals surface area contributed by atoms with Crippen molar-refractivity contribution in [3.8, 4) is 0 Å². The van der Waals surface area contributed by atoms with Crippen LogP contribution in [0.25, 0.3) is 0 Å². The minimum Gasteiger partial charge on any atom is -0.467 e. The van der Waals surface area contributed by atoms with Gasteiger partial charge >= 0.3 is 5.97 Å². The molecule has 1 rings (SSSR count). The molecule has 1 heterocycles. The highest BCUT2D eigenvalue weighted by Crippen LogP contribution is 2.20. The van der Waals surface area contributed by atoms with Crippen molar-refractivity contribution < 1.29 is 14.3 Å². The fourth-order valence-corrected chi connectivity index (χ4v) is 2.47. The first-order valence-corrected chi connectivity index (χ1v) is 7.08. The van der Waals surface area contributed by atoms with Crippen molar-refractivity contribution in [3.05, 3.63) is 0 Å². The Balaban J connectivity index is 2.29. The van der Waals surface area contributed by atoms with Gasteiger partial charge in [-0.2, -0.15) is 0 Å². The zero-order valence-corrected chi connectivity index (χ0v) is 11.6. The SMILES string of the molecule is CCCCCCCC(=O)N1CCCC1C(=O)OC. The number of carbonyl (C=O) groups excluding carboxylic acids is 2.